The molecule has 0 saturated carbocycles. The number of aromatic nitrogens is 2. The Morgan fingerprint density at radius 1 is 1.30 bits per heavy atom. The van der Waals surface area contributed by atoms with Gasteiger partial charge in [0.05, 0.1) is 12.8 Å². The zero-order valence-electron chi connectivity index (χ0n) is 15.9. The van der Waals surface area contributed by atoms with Gasteiger partial charge in [-0.15, -0.1) is 0 Å². The summed E-state index contributed by atoms with van der Waals surface area (Å²) in [6.07, 6.45) is 0.891. The third kappa shape index (κ3) is 5.23. The minimum absolute atomic E-state index is 0.192. The van der Waals surface area contributed by atoms with Crippen LogP contribution in [-0.2, 0) is 16.1 Å². The maximum Gasteiger partial charge on any atom is 0.343 e. The second kappa shape index (κ2) is 9.41. The number of nitrogens with zero attached hydrogens (tertiary/aromatic N) is 2. The van der Waals surface area contributed by atoms with Gasteiger partial charge in [0.25, 0.3) is 5.91 Å². The zero-order valence-corrected chi connectivity index (χ0v) is 16.7. The van der Waals surface area contributed by atoms with Crippen LogP contribution in [0.2, 0.25) is 5.15 Å². The number of rotatable bonds is 8. The molecule has 1 aromatic heterocycles. The number of methoxy groups -OCH3 is 1. The first kappa shape index (κ1) is 20.8. The van der Waals surface area contributed by atoms with Crippen LogP contribution in [0.3, 0.4) is 0 Å². The quantitative estimate of drug-likeness (QED) is 0.689. The number of benzene rings is 1. The van der Waals surface area contributed by atoms with E-state index in [1.54, 1.807) is 43.0 Å². The third-order valence-corrected chi connectivity index (χ3v) is 4.39. The van der Waals surface area contributed by atoms with Crippen molar-refractivity contribution in [3.63, 3.8) is 0 Å². The molecule has 0 unspecified atom stereocenters. The number of unbranched alkanes of at least 4 members (excludes halogenated alkanes) is 1. The Labute approximate surface area is 163 Å². The van der Waals surface area contributed by atoms with Gasteiger partial charge in [0, 0.05) is 12.2 Å². The highest BCUT2D eigenvalue weighted by molar-refractivity contribution is 6.32. The molecule has 8 heteroatoms. The van der Waals surface area contributed by atoms with Crippen LogP contribution in [0, 0.1) is 6.92 Å². The van der Waals surface area contributed by atoms with Gasteiger partial charge >= 0.3 is 5.97 Å². The van der Waals surface area contributed by atoms with E-state index >= 15 is 0 Å². The summed E-state index contributed by atoms with van der Waals surface area (Å²) >= 11 is 6.27. The van der Waals surface area contributed by atoms with Crippen molar-refractivity contribution in [1.29, 1.82) is 0 Å². The van der Waals surface area contributed by atoms with E-state index in [4.69, 9.17) is 21.1 Å². The lowest BCUT2D eigenvalue weighted by Crippen LogP contribution is -2.30. The number of ether oxygens (including phenoxy) is 2. The Bertz CT molecular complexity index is 802. The molecular formula is C19H24ClN3O4. The van der Waals surface area contributed by atoms with Gasteiger partial charge in [-0.3, -0.25) is 9.48 Å². The van der Waals surface area contributed by atoms with E-state index in [2.05, 4.69) is 17.3 Å². The van der Waals surface area contributed by atoms with Crippen LogP contribution in [0.15, 0.2) is 24.3 Å². The molecule has 1 N–H and O–H groups in total. The van der Waals surface area contributed by atoms with Crippen molar-refractivity contribution in [2.75, 3.05) is 12.4 Å². The van der Waals surface area contributed by atoms with Crippen LogP contribution in [-0.4, -0.2) is 34.9 Å². The predicted molar refractivity (Wildman–Crippen MR) is 103 cm³/mol. The zero-order chi connectivity index (χ0) is 20.0. The van der Waals surface area contributed by atoms with Crippen molar-refractivity contribution in [3.05, 3.63) is 40.7 Å². The summed E-state index contributed by atoms with van der Waals surface area (Å²) in [5, 5.41) is 7.19. The molecule has 0 aliphatic heterocycles. The Morgan fingerprint density at radius 2 is 1.96 bits per heavy atom. The Kier molecular flexibility index (Phi) is 7.24. The fourth-order valence-corrected chi connectivity index (χ4v) is 2.77. The van der Waals surface area contributed by atoms with Crippen LogP contribution in [0.5, 0.6) is 5.75 Å². The van der Waals surface area contributed by atoms with Crippen molar-refractivity contribution in [1.82, 2.24) is 9.78 Å². The molecule has 2 aromatic rings. The Morgan fingerprint density at radius 3 is 2.56 bits per heavy atom. The average molecular weight is 394 g/mol. The monoisotopic (exact) mass is 393 g/mol. The number of carbonyl (C=O) groups excluding carboxylic acids is 2. The molecule has 1 atom stereocenters. The van der Waals surface area contributed by atoms with Crippen LogP contribution in [0.4, 0.5) is 5.69 Å². The first-order valence-corrected chi connectivity index (χ1v) is 9.14. The Balaban J connectivity index is 2.01. The van der Waals surface area contributed by atoms with E-state index in [1.807, 2.05) is 0 Å². The van der Waals surface area contributed by atoms with Crippen molar-refractivity contribution >= 4 is 29.2 Å². The van der Waals surface area contributed by atoms with Gasteiger partial charge in [-0.2, -0.15) is 5.10 Å². The minimum atomic E-state index is -0.992. The predicted octanol–water partition coefficient (Wildman–Crippen LogP) is 3.84. The van der Waals surface area contributed by atoms with E-state index in [-0.39, 0.29) is 10.7 Å². The summed E-state index contributed by atoms with van der Waals surface area (Å²) in [6, 6.07) is 6.84. The lowest BCUT2D eigenvalue weighted by Gasteiger charge is -2.13. The second-order valence-electron chi connectivity index (χ2n) is 6.09. The summed E-state index contributed by atoms with van der Waals surface area (Å²) in [4.78, 5) is 24.7. The SMILES string of the molecule is CCCCn1nc(C)c(C(=O)O[C@H](C)C(=O)Nc2ccc(OC)cc2)c1Cl. The molecule has 1 amide bonds. The van der Waals surface area contributed by atoms with Crippen LogP contribution >= 0.6 is 11.6 Å². The topological polar surface area (TPSA) is 82.5 Å². The number of nitrogens with one attached hydrogen (secondary N) is 1. The molecule has 1 aromatic carbocycles. The van der Waals surface area contributed by atoms with E-state index in [0.717, 1.165) is 12.8 Å². The van der Waals surface area contributed by atoms with Gasteiger partial charge < -0.3 is 14.8 Å². The lowest BCUT2D eigenvalue weighted by molar-refractivity contribution is -0.123. The summed E-state index contributed by atoms with van der Waals surface area (Å²) in [7, 11) is 1.56. The molecule has 146 valence electrons. The van der Waals surface area contributed by atoms with Gasteiger partial charge in [0.1, 0.15) is 16.5 Å². The molecule has 27 heavy (non-hydrogen) atoms. The number of anilines is 1. The molecule has 0 fully saturated rings. The highest BCUT2D eigenvalue weighted by Gasteiger charge is 2.25. The Hall–Kier alpha value is -2.54. The van der Waals surface area contributed by atoms with Gasteiger partial charge in [-0.25, -0.2) is 4.79 Å². The first-order valence-electron chi connectivity index (χ1n) is 8.76. The molecule has 7 nitrogen and oxygen atoms in total. The molecule has 0 radical (unpaired) electrons. The summed E-state index contributed by atoms with van der Waals surface area (Å²) in [6.45, 7) is 5.87. The number of carbonyl (C=O) groups is 2. The maximum absolute atomic E-state index is 12.5. The number of amides is 1. The van der Waals surface area contributed by atoms with Gasteiger partial charge in [-0.1, -0.05) is 24.9 Å². The van der Waals surface area contributed by atoms with E-state index in [0.29, 0.717) is 23.7 Å². The lowest BCUT2D eigenvalue weighted by atomic mass is 10.2. The number of esters is 1. The summed E-state index contributed by atoms with van der Waals surface area (Å²) in [5.74, 6) is -0.434. The van der Waals surface area contributed by atoms with Crippen LogP contribution in [0.1, 0.15) is 42.7 Å². The molecule has 0 bridgehead atoms. The summed E-state index contributed by atoms with van der Waals surface area (Å²) < 4.78 is 11.9. The maximum atomic E-state index is 12.5. The summed E-state index contributed by atoms with van der Waals surface area (Å²) in [5.41, 5.74) is 1.24. The highest BCUT2D eigenvalue weighted by Crippen LogP contribution is 2.22. The van der Waals surface area contributed by atoms with Crippen LogP contribution < -0.4 is 10.1 Å². The van der Waals surface area contributed by atoms with Crippen molar-refractivity contribution in [2.45, 2.75) is 46.3 Å². The smallest absolute Gasteiger partial charge is 0.343 e. The fraction of sp³-hybridized carbons (Fsp3) is 0.421. The van der Waals surface area contributed by atoms with Crippen molar-refractivity contribution < 1.29 is 19.1 Å². The highest BCUT2D eigenvalue weighted by atomic mass is 35.5. The molecule has 0 saturated heterocycles. The molecule has 0 aliphatic carbocycles. The second-order valence-corrected chi connectivity index (χ2v) is 6.45. The third-order valence-electron chi connectivity index (χ3n) is 4.00. The van der Waals surface area contributed by atoms with Gasteiger partial charge in [0.15, 0.2) is 6.10 Å². The van der Waals surface area contributed by atoms with Gasteiger partial charge in [0.2, 0.25) is 0 Å². The molecule has 0 spiro atoms. The number of hydrogen-bond acceptors (Lipinski definition) is 5. The molecular weight excluding hydrogens is 370 g/mol. The number of hydrogen-bond donors (Lipinski definition) is 1. The average Bonchev–Trinajstić information content (AvgIpc) is 2.93. The molecule has 0 aliphatic rings. The first-order chi connectivity index (χ1) is 12.9. The number of halogens is 1. The molecule has 1 heterocycles. The van der Waals surface area contributed by atoms with Crippen molar-refractivity contribution in [2.24, 2.45) is 0 Å². The van der Waals surface area contributed by atoms with E-state index in [9.17, 15) is 9.59 Å². The fourth-order valence-electron chi connectivity index (χ4n) is 2.43. The van der Waals surface area contributed by atoms with Crippen LogP contribution in [0.25, 0.3) is 0 Å². The van der Waals surface area contributed by atoms with E-state index in [1.165, 1.54) is 6.92 Å². The van der Waals surface area contributed by atoms with Crippen molar-refractivity contribution in [3.8, 4) is 5.75 Å². The number of aryl methyl sites for hydroxylation is 2. The minimum Gasteiger partial charge on any atom is -0.497 e. The van der Waals surface area contributed by atoms with E-state index < -0.39 is 18.0 Å². The normalized spacial score (nSPS) is 11.7. The standard InChI is InChI=1S/C19H24ClN3O4/c1-5-6-11-23-17(20)16(12(2)22-23)19(25)27-13(3)18(24)21-14-7-9-15(26-4)10-8-14/h7-10,13H,5-6,11H2,1-4H3,(H,21,24)/t13-/m1/s1. The van der Waals surface area contributed by atoms with Gasteiger partial charge in [-0.05, 0) is 44.5 Å². The largest absolute Gasteiger partial charge is 0.497 e. The molecule has 2 rings (SSSR count).